The number of H-pyrrole nitrogens is 1. The summed E-state index contributed by atoms with van der Waals surface area (Å²) in [5, 5.41) is 0. The third kappa shape index (κ3) is 3.62. The zero-order valence-corrected chi connectivity index (χ0v) is 15.2. The van der Waals surface area contributed by atoms with Gasteiger partial charge >= 0.3 is 0 Å². The quantitative estimate of drug-likeness (QED) is 0.926. The first kappa shape index (κ1) is 17.3. The summed E-state index contributed by atoms with van der Waals surface area (Å²) in [5.74, 6) is 0.150. The molecule has 0 spiro atoms. The van der Waals surface area contributed by atoms with Crippen molar-refractivity contribution in [3.63, 3.8) is 0 Å². The molecule has 0 radical (unpaired) electrons. The van der Waals surface area contributed by atoms with Gasteiger partial charge in [0, 0.05) is 50.8 Å². The summed E-state index contributed by atoms with van der Waals surface area (Å²) in [4.78, 5) is 31.8. The minimum absolute atomic E-state index is 0.00817. The van der Waals surface area contributed by atoms with Crippen LogP contribution >= 0.6 is 0 Å². The third-order valence-corrected chi connectivity index (χ3v) is 5.19. The van der Waals surface area contributed by atoms with Gasteiger partial charge < -0.3 is 19.4 Å². The molecule has 1 saturated heterocycles. The normalized spacial score (nSPS) is 15.3. The smallest absolute Gasteiger partial charge is 0.270 e. The van der Waals surface area contributed by atoms with Crippen molar-refractivity contribution < 1.29 is 9.59 Å². The van der Waals surface area contributed by atoms with Gasteiger partial charge in [0.2, 0.25) is 5.91 Å². The Labute approximate surface area is 148 Å². The van der Waals surface area contributed by atoms with Crippen LogP contribution in [0.15, 0.2) is 24.4 Å². The number of hydrogen-bond acceptors (Lipinski definition) is 2. The molecule has 2 aromatic rings. The van der Waals surface area contributed by atoms with Gasteiger partial charge in [0.1, 0.15) is 5.69 Å². The highest BCUT2D eigenvalue weighted by atomic mass is 16.2. The molecule has 1 aliphatic rings. The molecule has 1 fully saturated rings. The first-order valence-corrected chi connectivity index (χ1v) is 8.79. The Morgan fingerprint density at radius 2 is 1.84 bits per heavy atom. The number of aromatic nitrogens is 2. The van der Waals surface area contributed by atoms with E-state index in [1.54, 1.807) is 12.3 Å². The second kappa shape index (κ2) is 7.17. The van der Waals surface area contributed by atoms with Crippen LogP contribution in [-0.4, -0.2) is 57.3 Å². The molecule has 2 aromatic heterocycles. The molecule has 3 rings (SSSR count). The Hall–Kier alpha value is -2.50. The predicted octanol–water partition coefficient (Wildman–Crippen LogP) is 1.89. The number of aromatic amines is 1. The van der Waals surface area contributed by atoms with Crippen molar-refractivity contribution in [1.29, 1.82) is 0 Å². The molecule has 0 unspecified atom stereocenters. The van der Waals surface area contributed by atoms with Gasteiger partial charge in [-0.2, -0.15) is 0 Å². The second-order valence-corrected chi connectivity index (χ2v) is 6.74. The van der Waals surface area contributed by atoms with Crippen molar-refractivity contribution in [2.24, 2.45) is 7.05 Å². The van der Waals surface area contributed by atoms with Crippen molar-refractivity contribution in [2.45, 2.75) is 26.7 Å². The highest BCUT2D eigenvalue weighted by Crippen LogP contribution is 2.16. The van der Waals surface area contributed by atoms with Gasteiger partial charge in [-0.25, -0.2) is 0 Å². The van der Waals surface area contributed by atoms with Gasteiger partial charge in [-0.05, 0) is 44.0 Å². The van der Waals surface area contributed by atoms with Crippen LogP contribution in [-0.2, 0) is 18.3 Å². The van der Waals surface area contributed by atoms with E-state index in [-0.39, 0.29) is 11.8 Å². The Morgan fingerprint density at radius 3 is 2.48 bits per heavy atom. The van der Waals surface area contributed by atoms with Gasteiger partial charge in [0.15, 0.2) is 0 Å². The Morgan fingerprint density at radius 1 is 1.12 bits per heavy atom. The number of hydrogen-bond donors (Lipinski definition) is 1. The molecule has 2 amide bonds. The Balaban J connectivity index is 1.61. The monoisotopic (exact) mass is 342 g/mol. The number of rotatable bonds is 3. The standard InChI is InChI=1S/C19H26N4O2/c1-14-12-16(15(2)21(14)3)13-18(24)22-8-5-9-23(11-10-22)19(25)17-6-4-7-20-17/h4,6-7,12,20H,5,8-11,13H2,1-3H3. The van der Waals surface area contributed by atoms with Crippen LogP contribution in [0.1, 0.15) is 33.9 Å². The lowest BCUT2D eigenvalue weighted by molar-refractivity contribution is -0.130. The van der Waals surface area contributed by atoms with E-state index in [2.05, 4.69) is 29.5 Å². The first-order chi connectivity index (χ1) is 12.0. The molecule has 0 bridgehead atoms. The fourth-order valence-corrected chi connectivity index (χ4v) is 3.39. The van der Waals surface area contributed by atoms with E-state index in [1.165, 1.54) is 5.69 Å². The molecule has 0 atom stereocenters. The van der Waals surface area contributed by atoms with Gasteiger partial charge in [-0.3, -0.25) is 9.59 Å². The molecule has 0 aromatic carbocycles. The van der Waals surface area contributed by atoms with Gasteiger partial charge in [0.05, 0.1) is 6.42 Å². The molecule has 0 saturated carbocycles. The SMILES string of the molecule is Cc1cc(CC(=O)N2CCCN(C(=O)c3ccc[nH]3)CC2)c(C)n1C. The molecular weight excluding hydrogens is 316 g/mol. The molecule has 3 heterocycles. The topological polar surface area (TPSA) is 61.3 Å². The summed E-state index contributed by atoms with van der Waals surface area (Å²) >= 11 is 0. The van der Waals surface area contributed by atoms with Crippen LogP contribution in [0.3, 0.4) is 0 Å². The fraction of sp³-hybridized carbons (Fsp3) is 0.474. The summed E-state index contributed by atoms with van der Waals surface area (Å²) in [6, 6.07) is 5.70. The van der Waals surface area contributed by atoms with E-state index in [0.717, 1.165) is 17.7 Å². The highest BCUT2D eigenvalue weighted by Gasteiger charge is 2.23. The van der Waals surface area contributed by atoms with E-state index >= 15 is 0 Å². The molecule has 1 aliphatic heterocycles. The summed E-state index contributed by atoms with van der Waals surface area (Å²) in [6.45, 7) is 6.67. The number of nitrogens with one attached hydrogen (secondary N) is 1. The summed E-state index contributed by atoms with van der Waals surface area (Å²) in [5.41, 5.74) is 4.01. The van der Waals surface area contributed by atoms with Crippen molar-refractivity contribution >= 4 is 11.8 Å². The predicted molar refractivity (Wildman–Crippen MR) is 96.5 cm³/mol. The fourth-order valence-electron chi connectivity index (χ4n) is 3.39. The number of amides is 2. The largest absolute Gasteiger partial charge is 0.357 e. The summed E-state index contributed by atoms with van der Waals surface area (Å²) < 4.78 is 2.11. The lowest BCUT2D eigenvalue weighted by Crippen LogP contribution is -2.38. The molecule has 0 aliphatic carbocycles. The lowest BCUT2D eigenvalue weighted by atomic mass is 10.1. The van der Waals surface area contributed by atoms with Gasteiger partial charge in [0.25, 0.3) is 5.91 Å². The maximum atomic E-state index is 12.7. The molecule has 1 N–H and O–H groups in total. The molecule has 6 nitrogen and oxygen atoms in total. The number of aryl methyl sites for hydroxylation is 1. The van der Waals surface area contributed by atoms with Crippen LogP contribution < -0.4 is 0 Å². The van der Waals surface area contributed by atoms with Crippen LogP contribution in [0.4, 0.5) is 0 Å². The second-order valence-electron chi connectivity index (χ2n) is 6.74. The van der Waals surface area contributed by atoms with E-state index in [0.29, 0.717) is 38.3 Å². The van der Waals surface area contributed by atoms with Crippen LogP contribution in [0, 0.1) is 13.8 Å². The number of carbonyl (C=O) groups excluding carboxylic acids is 2. The third-order valence-electron chi connectivity index (χ3n) is 5.19. The van der Waals surface area contributed by atoms with Gasteiger partial charge in [-0.1, -0.05) is 0 Å². The van der Waals surface area contributed by atoms with Crippen LogP contribution in [0.25, 0.3) is 0 Å². The maximum absolute atomic E-state index is 12.7. The van der Waals surface area contributed by atoms with Crippen LogP contribution in [0.2, 0.25) is 0 Å². The van der Waals surface area contributed by atoms with Crippen molar-refractivity contribution in [2.75, 3.05) is 26.2 Å². The number of nitrogens with zero attached hydrogens (tertiary/aromatic N) is 3. The molecular formula is C19H26N4O2. The summed E-state index contributed by atoms with van der Waals surface area (Å²) in [7, 11) is 2.02. The molecule has 134 valence electrons. The average molecular weight is 342 g/mol. The Kier molecular flexibility index (Phi) is 4.97. The van der Waals surface area contributed by atoms with E-state index in [4.69, 9.17) is 0 Å². The van der Waals surface area contributed by atoms with E-state index in [1.807, 2.05) is 22.9 Å². The van der Waals surface area contributed by atoms with Crippen molar-refractivity contribution in [3.05, 3.63) is 47.0 Å². The minimum Gasteiger partial charge on any atom is -0.357 e. The first-order valence-electron chi connectivity index (χ1n) is 8.79. The average Bonchev–Trinajstić information content (AvgIpc) is 3.12. The van der Waals surface area contributed by atoms with Crippen molar-refractivity contribution in [3.8, 4) is 0 Å². The van der Waals surface area contributed by atoms with E-state index in [9.17, 15) is 9.59 Å². The minimum atomic E-state index is 0.00817. The Bertz CT molecular complexity index is 761. The molecule has 25 heavy (non-hydrogen) atoms. The summed E-state index contributed by atoms with van der Waals surface area (Å²) in [6.07, 6.45) is 2.99. The number of carbonyl (C=O) groups is 2. The van der Waals surface area contributed by atoms with Crippen LogP contribution in [0.5, 0.6) is 0 Å². The lowest BCUT2D eigenvalue weighted by Gasteiger charge is -2.22. The highest BCUT2D eigenvalue weighted by molar-refractivity contribution is 5.92. The van der Waals surface area contributed by atoms with Crippen molar-refractivity contribution in [1.82, 2.24) is 19.4 Å². The zero-order chi connectivity index (χ0) is 18.0. The molecule has 6 heteroatoms. The zero-order valence-electron chi connectivity index (χ0n) is 15.2. The van der Waals surface area contributed by atoms with E-state index < -0.39 is 0 Å². The maximum Gasteiger partial charge on any atom is 0.270 e. The van der Waals surface area contributed by atoms with Gasteiger partial charge in [-0.15, -0.1) is 0 Å².